The molecule has 4 nitrogen and oxygen atoms in total. The largest absolute Gasteiger partial charge is 0.464 e. The van der Waals surface area contributed by atoms with Crippen molar-refractivity contribution in [1.82, 2.24) is 5.32 Å². The van der Waals surface area contributed by atoms with Crippen LogP contribution in [0.1, 0.15) is 49.8 Å². The third-order valence-corrected chi connectivity index (χ3v) is 3.37. The van der Waals surface area contributed by atoms with E-state index in [-0.39, 0.29) is 12.1 Å². The van der Waals surface area contributed by atoms with E-state index in [9.17, 15) is 4.79 Å². The van der Waals surface area contributed by atoms with E-state index >= 15 is 0 Å². The van der Waals surface area contributed by atoms with Crippen LogP contribution in [0.25, 0.3) is 0 Å². The Morgan fingerprint density at radius 1 is 1.05 bits per heavy atom. The van der Waals surface area contributed by atoms with Crippen LogP contribution in [-0.4, -0.2) is 6.03 Å². The predicted octanol–water partition coefficient (Wildman–Crippen LogP) is 4.59. The van der Waals surface area contributed by atoms with E-state index in [2.05, 4.69) is 24.5 Å². The number of hydrogen-bond acceptors (Lipinski definition) is 2. The third-order valence-electron chi connectivity index (χ3n) is 3.37. The van der Waals surface area contributed by atoms with Crippen molar-refractivity contribution in [1.29, 1.82) is 0 Å². The first kappa shape index (κ1) is 15.2. The SMILES string of the molecule is Cc1ccc([C@H](C)NC(=O)Nc2ccc(C(C)C)cc2)o1. The summed E-state index contributed by atoms with van der Waals surface area (Å²) in [5, 5.41) is 5.68. The van der Waals surface area contributed by atoms with Crippen molar-refractivity contribution in [2.75, 3.05) is 5.32 Å². The van der Waals surface area contributed by atoms with Gasteiger partial charge in [0.25, 0.3) is 0 Å². The second-order valence-electron chi connectivity index (χ2n) is 5.55. The number of urea groups is 1. The minimum Gasteiger partial charge on any atom is -0.464 e. The number of aryl methyl sites for hydroxylation is 1. The van der Waals surface area contributed by atoms with E-state index < -0.39 is 0 Å². The molecule has 0 aliphatic carbocycles. The van der Waals surface area contributed by atoms with Crippen molar-refractivity contribution in [2.24, 2.45) is 0 Å². The Balaban J connectivity index is 1.92. The van der Waals surface area contributed by atoms with Crippen molar-refractivity contribution < 1.29 is 9.21 Å². The fourth-order valence-electron chi connectivity index (χ4n) is 2.07. The molecule has 1 atom stereocenters. The van der Waals surface area contributed by atoms with Gasteiger partial charge in [0.2, 0.25) is 0 Å². The zero-order valence-corrected chi connectivity index (χ0v) is 12.9. The van der Waals surface area contributed by atoms with Crippen molar-refractivity contribution in [3.63, 3.8) is 0 Å². The molecule has 0 bridgehead atoms. The molecule has 0 saturated carbocycles. The second kappa shape index (κ2) is 6.48. The average molecular weight is 286 g/mol. The van der Waals surface area contributed by atoms with E-state index in [1.807, 2.05) is 50.2 Å². The molecular formula is C17H22N2O2. The molecule has 0 fully saturated rings. The van der Waals surface area contributed by atoms with E-state index in [0.29, 0.717) is 5.92 Å². The van der Waals surface area contributed by atoms with E-state index in [1.165, 1.54) is 5.56 Å². The van der Waals surface area contributed by atoms with Gasteiger partial charge >= 0.3 is 6.03 Å². The summed E-state index contributed by atoms with van der Waals surface area (Å²) < 4.78 is 5.50. The van der Waals surface area contributed by atoms with Crippen LogP contribution < -0.4 is 10.6 Å². The van der Waals surface area contributed by atoms with E-state index in [0.717, 1.165) is 17.2 Å². The number of nitrogens with one attached hydrogen (secondary N) is 2. The maximum Gasteiger partial charge on any atom is 0.319 e. The van der Waals surface area contributed by atoms with Crippen LogP contribution in [0.2, 0.25) is 0 Å². The number of carbonyl (C=O) groups is 1. The van der Waals surface area contributed by atoms with Crippen LogP contribution in [0.3, 0.4) is 0 Å². The number of furan rings is 1. The molecule has 112 valence electrons. The predicted molar refractivity (Wildman–Crippen MR) is 84.5 cm³/mol. The summed E-state index contributed by atoms with van der Waals surface area (Å²) >= 11 is 0. The Labute approximate surface area is 125 Å². The number of rotatable bonds is 4. The Bertz CT molecular complexity index is 600. The Hall–Kier alpha value is -2.23. The molecule has 0 saturated heterocycles. The molecule has 0 spiro atoms. The molecule has 2 amide bonds. The molecule has 1 heterocycles. The van der Waals surface area contributed by atoms with Gasteiger partial charge in [-0.1, -0.05) is 26.0 Å². The van der Waals surface area contributed by atoms with Gasteiger partial charge in [0.05, 0.1) is 6.04 Å². The lowest BCUT2D eigenvalue weighted by Gasteiger charge is -2.13. The lowest BCUT2D eigenvalue weighted by molar-refractivity contribution is 0.247. The Morgan fingerprint density at radius 3 is 2.24 bits per heavy atom. The first-order valence-corrected chi connectivity index (χ1v) is 7.19. The summed E-state index contributed by atoms with van der Waals surface area (Å²) in [7, 11) is 0. The lowest BCUT2D eigenvalue weighted by Crippen LogP contribution is -2.30. The monoisotopic (exact) mass is 286 g/mol. The highest BCUT2D eigenvalue weighted by atomic mass is 16.3. The van der Waals surface area contributed by atoms with Crippen LogP contribution >= 0.6 is 0 Å². The van der Waals surface area contributed by atoms with Crippen LogP contribution in [0.4, 0.5) is 10.5 Å². The highest BCUT2D eigenvalue weighted by Crippen LogP contribution is 2.18. The summed E-state index contributed by atoms with van der Waals surface area (Å²) in [6.07, 6.45) is 0. The zero-order chi connectivity index (χ0) is 15.4. The van der Waals surface area contributed by atoms with Crippen LogP contribution in [0.5, 0.6) is 0 Å². The van der Waals surface area contributed by atoms with Gasteiger partial charge in [0.15, 0.2) is 0 Å². The van der Waals surface area contributed by atoms with Gasteiger partial charge in [-0.25, -0.2) is 4.79 Å². The van der Waals surface area contributed by atoms with E-state index in [4.69, 9.17) is 4.42 Å². The third kappa shape index (κ3) is 4.12. The molecule has 2 aromatic rings. The fraction of sp³-hybridized carbons (Fsp3) is 0.353. The van der Waals surface area contributed by atoms with Gasteiger partial charge in [0, 0.05) is 5.69 Å². The first-order chi connectivity index (χ1) is 9.95. The van der Waals surface area contributed by atoms with Gasteiger partial charge in [-0.2, -0.15) is 0 Å². The van der Waals surface area contributed by atoms with Crippen LogP contribution in [-0.2, 0) is 0 Å². The van der Waals surface area contributed by atoms with Crippen LogP contribution in [0, 0.1) is 6.92 Å². The molecule has 0 aliphatic rings. The normalized spacial score (nSPS) is 12.2. The molecule has 0 radical (unpaired) electrons. The molecule has 4 heteroatoms. The van der Waals surface area contributed by atoms with Gasteiger partial charge in [-0.05, 0) is 49.6 Å². The molecule has 2 N–H and O–H groups in total. The first-order valence-electron chi connectivity index (χ1n) is 7.19. The van der Waals surface area contributed by atoms with E-state index in [1.54, 1.807) is 0 Å². The molecule has 21 heavy (non-hydrogen) atoms. The maximum atomic E-state index is 12.0. The van der Waals surface area contributed by atoms with Gasteiger partial charge in [-0.3, -0.25) is 0 Å². The number of carbonyl (C=O) groups excluding carboxylic acids is 1. The van der Waals surface area contributed by atoms with Crippen molar-refractivity contribution in [3.05, 3.63) is 53.5 Å². The summed E-state index contributed by atoms with van der Waals surface area (Å²) in [6, 6.07) is 11.2. The molecular weight excluding hydrogens is 264 g/mol. The van der Waals surface area contributed by atoms with Gasteiger partial charge in [-0.15, -0.1) is 0 Å². The van der Waals surface area contributed by atoms with Crippen molar-refractivity contribution in [2.45, 2.75) is 39.7 Å². The quantitative estimate of drug-likeness (QED) is 0.863. The summed E-state index contributed by atoms with van der Waals surface area (Å²) in [4.78, 5) is 12.0. The highest BCUT2D eigenvalue weighted by molar-refractivity contribution is 5.89. The topological polar surface area (TPSA) is 54.3 Å². The van der Waals surface area contributed by atoms with Gasteiger partial charge in [0.1, 0.15) is 11.5 Å². The molecule has 1 aromatic heterocycles. The van der Waals surface area contributed by atoms with Crippen molar-refractivity contribution >= 4 is 11.7 Å². The number of amides is 2. The molecule has 1 aromatic carbocycles. The summed E-state index contributed by atoms with van der Waals surface area (Å²) in [5.74, 6) is 2.07. The van der Waals surface area contributed by atoms with Crippen molar-refractivity contribution in [3.8, 4) is 0 Å². The molecule has 2 rings (SSSR count). The average Bonchev–Trinajstić information content (AvgIpc) is 2.86. The Morgan fingerprint density at radius 2 is 1.71 bits per heavy atom. The molecule has 0 aliphatic heterocycles. The summed E-state index contributed by atoms with van der Waals surface area (Å²) in [5.41, 5.74) is 2.03. The van der Waals surface area contributed by atoms with Crippen LogP contribution in [0.15, 0.2) is 40.8 Å². The summed E-state index contributed by atoms with van der Waals surface area (Å²) in [6.45, 7) is 8.05. The standard InChI is InChI=1S/C17H22N2O2/c1-11(2)14-6-8-15(9-7-14)19-17(20)18-13(4)16-10-5-12(3)21-16/h5-11,13H,1-4H3,(H2,18,19,20)/t13-/m0/s1. The highest BCUT2D eigenvalue weighted by Gasteiger charge is 2.12. The lowest BCUT2D eigenvalue weighted by atomic mass is 10.0. The maximum absolute atomic E-state index is 12.0. The second-order valence-corrected chi connectivity index (χ2v) is 5.55. The fourth-order valence-corrected chi connectivity index (χ4v) is 2.07. The minimum atomic E-state index is -0.242. The number of hydrogen-bond donors (Lipinski definition) is 2. The zero-order valence-electron chi connectivity index (χ0n) is 12.9. The number of anilines is 1. The number of benzene rings is 1. The van der Waals surface area contributed by atoms with Gasteiger partial charge < -0.3 is 15.1 Å². The molecule has 0 unspecified atom stereocenters. The minimum absolute atomic E-state index is 0.173. The smallest absolute Gasteiger partial charge is 0.319 e. The Kier molecular flexibility index (Phi) is 4.68.